The standard InChI is InChI=1S/C44H34N2/c1-4-41-45-39-22-11-12-23-40(39)46(41)30-15-13-14-28(26-30)42-33-17-5-7-19-35(33)43(36-20-8-6-18-34(36)42)29-24-25-32-31-16-9-10-21-37(31)44(2,3)38(32)27-29/h5-27H,4H2,1-3H3/i1D3,4D2,9D,10D,16D,21D,24D,25D,27D. The summed E-state index contributed by atoms with van der Waals surface area (Å²) in [6.07, 6.45) is -2.79. The first-order valence-corrected chi connectivity index (χ1v) is 15.2. The van der Waals surface area contributed by atoms with Crippen LogP contribution in [0.1, 0.15) is 54.1 Å². The first kappa shape index (κ1) is 17.3. The maximum absolute atomic E-state index is 9.84. The largest absolute Gasteiger partial charge is 0.296 e. The molecule has 0 saturated heterocycles. The lowest BCUT2D eigenvalue weighted by Gasteiger charge is -2.23. The van der Waals surface area contributed by atoms with Crippen molar-refractivity contribution in [2.24, 2.45) is 0 Å². The molecule has 1 aromatic heterocycles. The number of nitrogens with zero attached hydrogens (tertiary/aromatic N) is 2. The van der Waals surface area contributed by atoms with Gasteiger partial charge in [-0.3, -0.25) is 4.57 Å². The van der Waals surface area contributed by atoms with Gasteiger partial charge in [0.15, 0.2) is 0 Å². The van der Waals surface area contributed by atoms with Crippen LogP contribution in [0.25, 0.3) is 71.6 Å². The van der Waals surface area contributed by atoms with E-state index in [4.69, 9.17) is 12.3 Å². The molecule has 220 valence electrons. The molecule has 0 atom stereocenters. The molecule has 1 heterocycles. The Morgan fingerprint density at radius 3 is 2.09 bits per heavy atom. The Bertz CT molecular complexity index is 3030. The molecular formula is C44H34N2. The number of imidazole rings is 1. The Balaban J connectivity index is 1.34. The number of aromatic nitrogens is 2. The van der Waals surface area contributed by atoms with Gasteiger partial charge in [-0.05, 0) is 96.4 Å². The Hall–Kier alpha value is -5.47. The SMILES string of the molecule is [2H]c1c([2H])c([2H])c2c(c1[2H])-c1c([2H])c([2H])c(-c3c4ccccc4c(-c4cccc(-n5c(C([2H])([2H])C([2H])([2H])[2H])nc6ccccc65)c4)c4ccccc34)c([2H])c1C2(C)C. The third-order valence-corrected chi connectivity index (χ3v) is 9.25. The topological polar surface area (TPSA) is 17.8 Å². The van der Waals surface area contributed by atoms with Crippen molar-refractivity contribution in [1.29, 1.82) is 0 Å². The van der Waals surface area contributed by atoms with Crippen LogP contribution >= 0.6 is 0 Å². The van der Waals surface area contributed by atoms with Crippen molar-refractivity contribution in [3.05, 3.63) is 156 Å². The molecule has 0 aliphatic heterocycles. The minimum atomic E-state index is -3.00. The molecular weight excluding hydrogens is 556 g/mol. The zero-order valence-electron chi connectivity index (χ0n) is 37.1. The number of rotatable bonds is 4. The van der Waals surface area contributed by atoms with Crippen molar-refractivity contribution in [2.45, 2.75) is 32.5 Å². The summed E-state index contributed by atoms with van der Waals surface area (Å²) < 4.78 is 106. The van der Waals surface area contributed by atoms with Crippen molar-refractivity contribution in [3.63, 3.8) is 0 Å². The Morgan fingerprint density at radius 2 is 1.35 bits per heavy atom. The van der Waals surface area contributed by atoms with E-state index in [0.717, 1.165) is 21.9 Å². The van der Waals surface area contributed by atoms with Crippen LogP contribution in [0.2, 0.25) is 0 Å². The molecule has 1 aliphatic rings. The van der Waals surface area contributed by atoms with Crippen molar-refractivity contribution in [2.75, 3.05) is 0 Å². The number of hydrogen-bond acceptors (Lipinski definition) is 1. The van der Waals surface area contributed by atoms with Gasteiger partial charge in [-0.25, -0.2) is 4.98 Å². The fourth-order valence-corrected chi connectivity index (χ4v) is 7.16. The summed E-state index contributed by atoms with van der Waals surface area (Å²) in [7, 11) is 0. The maximum atomic E-state index is 9.84. The molecule has 2 heteroatoms. The lowest BCUT2D eigenvalue weighted by atomic mass is 9.80. The minimum Gasteiger partial charge on any atom is -0.296 e. The zero-order valence-corrected chi connectivity index (χ0v) is 25.1. The molecule has 0 unspecified atom stereocenters. The fraction of sp³-hybridized carbons (Fsp3) is 0.114. The highest BCUT2D eigenvalue weighted by Gasteiger charge is 2.35. The molecule has 8 aromatic rings. The number of para-hydroxylation sites is 2. The first-order chi connectivity index (χ1) is 27.4. The van der Waals surface area contributed by atoms with E-state index >= 15 is 0 Å². The highest BCUT2D eigenvalue weighted by atomic mass is 15.1. The summed E-state index contributed by atoms with van der Waals surface area (Å²) >= 11 is 0. The van der Waals surface area contributed by atoms with E-state index < -0.39 is 24.7 Å². The average Bonchev–Trinajstić information content (AvgIpc) is 3.71. The zero-order chi connectivity index (χ0) is 41.4. The summed E-state index contributed by atoms with van der Waals surface area (Å²) in [4.78, 5) is 4.50. The molecule has 0 saturated carbocycles. The van der Waals surface area contributed by atoms with E-state index in [9.17, 15) is 4.11 Å². The normalized spacial score (nSPS) is 17.7. The number of hydrogen-bond donors (Lipinski definition) is 0. The lowest BCUT2D eigenvalue weighted by Crippen LogP contribution is -2.14. The van der Waals surface area contributed by atoms with E-state index in [1.165, 1.54) is 0 Å². The van der Waals surface area contributed by atoms with E-state index in [2.05, 4.69) is 4.98 Å². The van der Waals surface area contributed by atoms with E-state index in [1.54, 1.807) is 48.7 Å². The molecule has 0 N–H and O–H groups in total. The van der Waals surface area contributed by atoms with Crippen molar-refractivity contribution in [3.8, 4) is 39.1 Å². The minimum absolute atomic E-state index is 0.0258. The van der Waals surface area contributed by atoms with Crippen LogP contribution in [0.4, 0.5) is 0 Å². The second-order valence-electron chi connectivity index (χ2n) is 12.2. The van der Waals surface area contributed by atoms with Gasteiger partial charge in [-0.15, -0.1) is 0 Å². The third kappa shape index (κ3) is 3.80. The van der Waals surface area contributed by atoms with E-state index in [1.807, 2.05) is 66.7 Å². The molecule has 0 radical (unpaired) electrons. The van der Waals surface area contributed by atoms with Crippen LogP contribution in [-0.2, 0) is 11.8 Å². The fourth-order valence-electron chi connectivity index (χ4n) is 7.16. The quantitative estimate of drug-likeness (QED) is 0.183. The van der Waals surface area contributed by atoms with E-state index in [0.29, 0.717) is 44.2 Å². The molecule has 1 aliphatic carbocycles. The summed E-state index contributed by atoms with van der Waals surface area (Å²) in [6.45, 7) is 0.595. The van der Waals surface area contributed by atoms with E-state index in [-0.39, 0.29) is 58.8 Å². The van der Waals surface area contributed by atoms with Gasteiger partial charge in [-0.2, -0.15) is 0 Å². The van der Waals surface area contributed by atoms with Crippen LogP contribution in [0, 0.1) is 0 Å². The Morgan fingerprint density at radius 1 is 0.696 bits per heavy atom. The van der Waals surface area contributed by atoms with Gasteiger partial charge < -0.3 is 0 Å². The van der Waals surface area contributed by atoms with Crippen molar-refractivity contribution in [1.82, 2.24) is 9.55 Å². The van der Waals surface area contributed by atoms with Crippen molar-refractivity contribution < 1.29 is 16.4 Å². The molecule has 0 fully saturated rings. The van der Waals surface area contributed by atoms with Gasteiger partial charge in [0.2, 0.25) is 0 Å². The predicted octanol–water partition coefficient (Wildman–Crippen LogP) is 11.5. The number of fused-ring (bicyclic) bond motifs is 6. The summed E-state index contributed by atoms with van der Waals surface area (Å²) in [5.74, 6) is -0.247. The maximum Gasteiger partial charge on any atom is 0.114 e. The first-order valence-electron chi connectivity index (χ1n) is 21.2. The van der Waals surface area contributed by atoms with Gasteiger partial charge in [-0.1, -0.05) is 130 Å². The van der Waals surface area contributed by atoms with Crippen LogP contribution < -0.4 is 0 Å². The summed E-state index contributed by atoms with van der Waals surface area (Å²) in [5.41, 5.74) is 3.75. The molecule has 2 nitrogen and oxygen atoms in total. The molecule has 9 rings (SSSR count). The van der Waals surface area contributed by atoms with Gasteiger partial charge in [0.1, 0.15) is 5.82 Å². The van der Waals surface area contributed by atoms with Gasteiger partial charge in [0.25, 0.3) is 0 Å². The molecule has 0 bridgehead atoms. The second kappa shape index (κ2) is 10.0. The molecule has 0 spiro atoms. The highest BCUT2D eigenvalue weighted by Crippen LogP contribution is 2.51. The summed E-state index contributed by atoms with van der Waals surface area (Å²) in [5, 5.41) is 2.95. The third-order valence-electron chi connectivity index (χ3n) is 9.25. The second-order valence-corrected chi connectivity index (χ2v) is 12.2. The number of benzene rings is 7. The molecule has 7 aromatic carbocycles. The van der Waals surface area contributed by atoms with Gasteiger partial charge in [0, 0.05) is 24.3 Å². The summed E-state index contributed by atoms with van der Waals surface area (Å²) in [6, 6.07) is 27.9. The lowest BCUT2D eigenvalue weighted by molar-refractivity contribution is 0.660. The highest BCUT2D eigenvalue weighted by molar-refractivity contribution is 6.21. The smallest absolute Gasteiger partial charge is 0.114 e. The van der Waals surface area contributed by atoms with Crippen LogP contribution in [0.3, 0.4) is 0 Å². The van der Waals surface area contributed by atoms with Crippen molar-refractivity contribution >= 4 is 32.6 Å². The van der Waals surface area contributed by atoms with Crippen LogP contribution in [-0.4, -0.2) is 9.55 Å². The van der Waals surface area contributed by atoms with Gasteiger partial charge in [0.05, 0.1) is 20.6 Å². The van der Waals surface area contributed by atoms with Crippen LogP contribution in [0.5, 0.6) is 0 Å². The predicted molar refractivity (Wildman–Crippen MR) is 194 cm³/mol. The molecule has 46 heavy (non-hydrogen) atoms. The monoisotopic (exact) mass is 602 g/mol. The average molecular weight is 603 g/mol. The van der Waals surface area contributed by atoms with Crippen LogP contribution in [0.15, 0.2) is 139 Å². The Kier molecular flexibility index (Phi) is 3.77. The van der Waals surface area contributed by atoms with Gasteiger partial charge >= 0.3 is 0 Å². The molecule has 0 amide bonds. The Labute approximate surface area is 286 Å². The number of aryl methyl sites for hydroxylation is 1.